The summed E-state index contributed by atoms with van der Waals surface area (Å²) in [5, 5.41) is 0.801. The third-order valence-electron chi connectivity index (χ3n) is 5.04. The number of amidine groups is 1. The van der Waals surface area contributed by atoms with Gasteiger partial charge in [-0.2, -0.15) is 4.99 Å². The number of piperazine rings is 1. The summed E-state index contributed by atoms with van der Waals surface area (Å²) in [6.45, 7) is 5.70. The van der Waals surface area contributed by atoms with Crippen molar-refractivity contribution < 1.29 is 9.53 Å². The summed E-state index contributed by atoms with van der Waals surface area (Å²) in [6, 6.07) is 16.2. The molecule has 4 rings (SSSR count). The Hall–Kier alpha value is -2.73. The molecule has 2 aliphatic heterocycles. The van der Waals surface area contributed by atoms with Crippen LogP contribution in [0.2, 0.25) is 0 Å². The topological polar surface area (TPSA) is 45.1 Å². The highest BCUT2D eigenvalue weighted by Crippen LogP contribution is 2.33. The highest BCUT2D eigenvalue weighted by Gasteiger charge is 2.29. The Balaban J connectivity index is 1.43. The molecule has 0 atom stereocenters. The van der Waals surface area contributed by atoms with Gasteiger partial charge in [-0.1, -0.05) is 36.4 Å². The molecule has 1 amide bonds. The Morgan fingerprint density at radius 1 is 1.00 bits per heavy atom. The fourth-order valence-electron chi connectivity index (χ4n) is 3.52. The first-order valence-electron chi connectivity index (χ1n) is 9.37. The van der Waals surface area contributed by atoms with Gasteiger partial charge in [0.15, 0.2) is 5.17 Å². The molecule has 0 spiro atoms. The van der Waals surface area contributed by atoms with Gasteiger partial charge in [0.05, 0.1) is 12.0 Å². The van der Waals surface area contributed by atoms with Crippen molar-refractivity contribution >= 4 is 34.6 Å². The zero-order valence-corrected chi connectivity index (χ0v) is 16.9. The van der Waals surface area contributed by atoms with Gasteiger partial charge in [0.1, 0.15) is 5.75 Å². The van der Waals surface area contributed by atoms with Crippen LogP contribution < -0.4 is 9.64 Å². The van der Waals surface area contributed by atoms with E-state index in [0.717, 1.165) is 42.7 Å². The zero-order chi connectivity index (χ0) is 19.5. The maximum Gasteiger partial charge on any atom is 0.286 e. The molecule has 0 N–H and O–H groups in total. The van der Waals surface area contributed by atoms with Gasteiger partial charge < -0.3 is 14.5 Å². The largest absolute Gasteiger partial charge is 0.496 e. The van der Waals surface area contributed by atoms with Crippen molar-refractivity contribution in [1.29, 1.82) is 0 Å². The smallest absolute Gasteiger partial charge is 0.286 e. The average molecular weight is 394 g/mol. The van der Waals surface area contributed by atoms with Crippen molar-refractivity contribution in [3.05, 3.63) is 64.6 Å². The molecule has 2 aliphatic rings. The second-order valence-corrected chi connectivity index (χ2v) is 7.82. The van der Waals surface area contributed by atoms with E-state index in [-0.39, 0.29) is 5.91 Å². The van der Waals surface area contributed by atoms with Crippen molar-refractivity contribution in [2.75, 3.05) is 38.2 Å². The number of nitrogens with zero attached hydrogens (tertiary/aromatic N) is 3. The van der Waals surface area contributed by atoms with Crippen LogP contribution in [-0.4, -0.2) is 49.3 Å². The first-order chi connectivity index (χ1) is 13.7. The summed E-state index contributed by atoms with van der Waals surface area (Å²) in [5.41, 5.74) is 3.47. The molecule has 2 aromatic carbocycles. The van der Waals surface area contributed by atoms with Gasteiger partial charge in [-0.05, 0) is 42.5 Å². The van der Waals surface area contributed by atoms with E-state index in [2.05, 4.69) is 46.0 Å². The molecule has 0 radical (unpaired) electrons. The van der Waals surface area contributed by atoms with Crippen molar-refractivity contribution in [3.63, 3.8) is 0 Å². The van der Waals surface area contributed by atoms with Crippen molar-refractivity contribution in [3.8, 4) is 5.75 Å². The number of hydrogen-bond acceptors (Lipinski definition) is 5. The van der Waals surface area contributed by atoms with Crippen LogP contribution in [0.4, 0.5) is 5.69 Å². The fourth-order valence-corrected chi connectivity index (χ4v) is 4.47. The van der Waals surface area contributed by atoms with Crippen LogP contribution in [0, 0.1) is 6.92 Å². The maximum atomic E-state index is 12.4. The normalized spacial score (nSPS) is 18.6. The summed E-state index contributed by atoms with van der Waals surface area (Å²) in [7, 11) is 1.64. The number of para-hydroxylation sites is 2. The summed E-state index contributed by atoms with van der Waals surface area (Å²) < 4.78 is 5.38. The van der Waals surface area contributed by atoms with E-state index >= 15 is 0 Å². The van der Waals surface area contributed by atoms with Crippen LogP contribution in [-0.2, 0) is 4.79 Å². The van der Waals surface area contributed by atoms with Crippen LogP contribution in [0.5, 0.6) is 5.75 Å². The second-order valence-electron chi connectivity index (χ2n) is 6.81. The number of amides is 1. The lowest BCUT2D eigenvalue weighted by Gasteiger charge is -2.37. The number of aryl methyl sites for hydroxylation is 1. The summed E-state index contributed by atoms with van der Waals surface area (Å²) in [5.74, 6) is 0.580. The molecule has 2 heterocycles. The van der Waals surface area contributed by atoms with Crippen LogP contribution in [0.15, 0.2) is 58.4 Å². The number of anilines is 1. The lowest BCUT2D eigenvalue weighted by Crippen LogP contribution is -2.48. The first-order valence-corrected chi connectivity index (χ1v) is 10.2. The zero-order valence-electron chi connectivity index (χ0n) is 16.1. The average Bonchev–Trinajstić information content (AvgIpc) is 3.09. The Morgan fingerprint density at radius 2 is 1.68 bits per heavy atom. The van der Waals surface area contributed by atoms with E-state index in [9.17, 15) is 4.79 Å². The Bertz CT molecular complexity index is 946. The number of carbonyl (C=O) groups is 1. The van der Waals surface area contributed by atoms with E-state index in [1.54, 1.807) is 7.11 Å². The molecule has 28 heavy (non-hydrogen) atoms. The quantitative estimate of drug-likeness (QED) is 0.743. The predicted octanol–water partition coefficient (Wildman–Crippen LogP) is 3.80. The lowest BCUT2D eigenvalue weighted by atomic mass is 10.1. The number of ether oxygens (including phenoxy) is 1. The molecule has 0 bridgehead atoms. The third-order valence-corrected chi connectivity index (χ3v) is 6.09. The standard InChI is InChI=1S/C22H23N3O2S/c1-16-7-3-5-9-18(16)24-11-13-25(14-12-24)22-23-21(26)20(28-22)15-17-8-4-6-10-19(17)27-2/h3-10,15H,11-14H2,1-2H3/b20-15-. The Labute approximate surface area is 169 Å². The SMILES string of the molecule is COc1ccccc1/C=C1\SC(N2CCN(c3ccccc3C)CC2)=NC1=O. The fraction of sp³-hybridized carbons (Fsp3) is 0.273. The molecule has 0 saturated carbocycles. The summed E-state index contributed by atoms with van der Waals surface area (Å²) >= 11 is 1.45. The molecule has 1 fully saturated rings. The number of rotatable bonds is 3. The Kier molecular flexibility index (Phi) is 5.39. The number of carbonyl (C=O) groups excluding carboxylic acids is 1. The van der Waals surface area contributed by atoms with Crippen LogP contribution in [0.3, 0.4) is 0 Å². The molecular formula is C22H23N3O2S. The molecule has 5 nitrogen and oxygen atoms in total. The number of benzene rings is 2. The minimum atomic E-state index is -0.174. The lowest BCUT2D eigenvalue weighted by molar-refractivity contribution is -0.113. The van der Waals surface area contributed by atoms with Crippen LogP contribution in [0.25, 0.3) is 6.08 Å². The monoisotopic (exact) mass is 393 g/mol. The minimum absolute atomic E-state index is 0.174. The molecule has 2 aromatic rings. The molecule has 0 aromatic heterocycles. The van der Waals surface area contributed by atoms with Crippen LogP contribution >= 0.6 is 11.8 Å². The second kappa shape index (κ2) is 8.10. The number of aliphatic imine (C=N–C) groups is 1. The molecule has 0 aliphatic carbocycles. The van der Waals surface area contributed by atoms with Gasteiger partial charge in [-0.25, -0.2) is 0 Å². The summed E-state index contributed by atoms with van der Waals surface area (Å²) in [4.78, 5) is 22.0. The third kappa shape index (κ3) is 3.78. The van der Waals surface area contributed by atoms with E-state index in [1.807, 2.05) is 30.3 Å². The first kappa shape index (κ1) is 18.6. The van der Waals surface area contributed by atoms with E-state index in [1.165, 1.54) is 23.0 Å². The van der Waals surface area contributed by atoms with Crippen LogP contribution in [0.1, 0.15) is 11.1 Å². The highest BCUT2D eigenvalue weighted by atomic mass is 32.2. The van der Waals surface area contributed by atoms with Gasteiger partial charge in [0.25, 0.3) is 5.91 Å². The molecule has 144 valence electrons. The molecule has 1 saturated heterocycles. The van der Waals surface area contributed by atoms with E-state index in [4.69, 9.17) is 4.74 Å². The Morgan fingerprint density at radius 3 is 2.43 bits per heavy atom. The maximum absolute atomic E-state index is 12.4. The molecular weight excluding hydrogens is 370 g/mol. The number of methoxy groups -OCH3 is 1. The summed E-state index contributed by atoms with van der Waals surface area (Å²) in [6.07, 6.45) is 1.87. The van der Waals surface area contributed by atoms with Crippen molar-refractivity contribution in [2.24, 2.45) is 4.99 Å². The minimum Gasteiger partial charge on any atom is -0.496 e. The van der Waals surface area contributed by atoms with Crippen molar-refractivity contribution in [1.82, 2.24) is 4.90 Å². The van der Waals surface area contributed by atoms with Crippen molar-refractivity contribution in [2.45, 2.75) is 6.92 Å². The highest BCUT2D eigenvalue weighted by molar-refractivity contribution is 8.18. The predicted molar refractivity (Wildman–Crippen MR) is 116 cm³/mol. The number of thioether (sulfide) groups is 1. The number of hydrogen-bond donors (Lipinski definition) is 0. The molecule has 0 unspecified atom stereocenters. The van der Waals surface area contributed by atoms with Gasteiger partial charge in [0, 0.05) is 37.4 Å². The van der Waals surface area contributed by atoms with E-state index < -0.39 is 0 Å². The van der Waals surface area contributed by atoms with Gasteiger partial charge in [-0.3, -0.25) is 4.79 Å². The van der Waals surface area contributed by atoms with E-state index in [0.29, 0.717) is 4.91 Å². The van der Waals surface area contributed by atoms with Gasteiger partial charge >= 0.3 is 0 Å². The van der Waals surface area contributed by atoms with Gasteiger partial charge in [0.2, 0.25) is 0 Å². The van der Waals surface area contributed by atoms with Gasteiger partial charge in [-0.15, -0.1) is 0 Å². The molecule has 6 heteroatoms.